The van der Waals surface area contributed by atoms with E-state index in [0.717, 1.165) is 6.07 Å². The second-order valence-electron chi connectivity index (χ2n) is 3.29. The van der Waals surface area contributed by atoms with Gasteiger partial charge in [0, 0.05) is 18.3 Å². The summed E-state index contributed by atoms with van der Waals surface area (Å²) in [6.45, 7) is -0.211. The molecule has 1 heterocycles. The van der Waals surface area contributed by atoms with E-state index in [9.17, 15) is 22.8 Å². The van der Waals surface area contributed by atoms with E-state index in [4.69, 9.17) is 10.8 Å². The number of pyridine rings is 1. The Morgan fingerprint density at radius 1 is 1.50 bits per heavy atom. The van der Waals surface area contributed by atoms with E-state index in [-0.39, 0.29) is 12.2 Å². The number of nitrogens with one attached hydrogen (secondary N) is 1. The zero-order chi connectivity index (χ0) is 13.9. The highest BCUT2D eigenvalue weighted by atomic mass is 19.4. The average molecular weight is 266 g/mol. The fraction of sp³-hybridized carbons (Fsp3) is 0.333. The van der Waals surface area contributed by atoms with Crippen LogP contribution in [0.5, 0.6) is 5.75 Å². The van der Waals surface area contributed by atoms with Crippen LogP contribution in [0.3, 0.4) is 0 Å². The van der Waals surface area contributed by atoms with Gasteiger partial charge < -0.3 is 20.6 Å². The number of rotatable bonds is 4. The van der Waals surface area contributed by atoms with Crippen LogP contribution < -0.4 is 16.0 Å². The number of aromatic amines is 1. The van der Waals surface area contributed by atoms with Crippen LogP contribution in [0.4, 0.5) is 13.2 Å². The first kappa shape index (κ1) is 14.0. The molecule has 1 aromatic heterocycles. The molecule has 4 N–H and O–H groups in total. The standard InChI is InChI=1S/C9H9F3N2O4/c10-9(11,12)18-6-1-4(3-13)14-8(17)5(6)2-7(15)16/h1H,2-3,13H2,(H,14,17)(H,15,16). The van der Waals surface area contributed by atoms with E-state index >= 15 is 0 Å². The average Bonchev–Trinajstić information content (AvgIpc) is 2.20. The summed E-state index contributed by atoms with van der Waals surface area (Å²) in [5.41, 5.74) is 3.60. The predicted molar refractivity (Wildman–Crippen MR) is 53.0 cm³/mol. The van der Waals surface area contributed by atoms with E-state index < -0.39 is 35.6 Å². The van der Waals surface area contributed by atoms with Gasteiger partial charge in [-0.2, -0.15) is 0 Å². The molecule has 18 heavy (non-hydrogen) atoms. The predicted octanol–water partition coefficient (Wildman–Crippen LogP) is 0.359. The summed E-state index contributed by atoms with van der Waals surface area (Å²) in [5.74, 6) is -2.30. The van der Waals surface area contributed by atoms with Crippen molar-refractivity contribution in [3.63, 3.8) is 0 Å². The van der Waals surface area contributed by atoms with Crippen molar-refractivity contribution >= 4 is 5.97 Å². The van der Waals surface area contributed by atoms with Crippen LogP contribution in [0.15, 0.2) is 10.9 Å². The number of halogens is 3. The molecule has 9 heteroatoms. The zero-order valence-electron chi connectivity index (χ0n) is 8.87. The molecule has 0 amide bonds. The molecule has 1 rings (SSSR count). The van der Waals surface area contributed by atoms with Crippen molar-refractivity contribution in [3.05, 3.63) is 27.7 Å². The van der Waals surface area contributed by atoms with Crippen LogP contribution in [-0.4, -0.2) is 22.4 Å². The zero-order valence-corrected chi connectivity index (χ0v) is 8.87. The lowest BCUT2D eigenvalue weighted by Gasteiger charge is -2.12. The van der Waals surface area contributed by atoms with Gasteiger partial charge >= 0.3 is 12.3 Å². The lowest BCUT2D eigenvalue weighted by molar-refractivity contribution is -0.275. The van der Waals surface area contributed by atoms with Crippen molar-refractivity contribution in [2.45, 2.75) is 19.3 Å². The molecule has 0 spiro atoms. The van der Waals surface area contributed by atoms with Gasteiger partial charge in [0.25, 0.3) is 5.56 Å². The van der Waals surface area contributed by atoms with Crippen molar-refractivity contribution in [2.75, 3.05) is 0 Å². The molecule has 100 valence electrons. The van der Waals surface area contributed by atoms with Crippen LogP contribution in [0.2, 0.25) is 0 Å². The van der Waals surface area contributed by atoms with Gasteiger partial charge in [-0.25, -0.2) is 0 Å². The molecule has 0 aliphatic carbocycles. The van der Waals surface area contributed by atoms with E-state index in [1.807, 2.05) is 0 Å². The van der Waals surface area contributed by atoms with Crippen LogP contribution in [-0.2, 0) is 17.8 Å². The maximum atomic E-state index is 12.1. The molecule has 0 fully saturated rings. The number of carbonyl (C=O) groups is 1. The number of carboxylic acid groups (broad SMARTS) is 1. The van der Waals surface area contributed by atoms with Gasteiger partial charge in [0.1, 0.15) is 5.75 Å². The Kier molecular flexibility index (Phi) is 3.96. The largest absolute Gasteiger partial charge is 0.573 e. The van der Waals surface area contributed by atoms with Gasteiger partial charge in [-0.15, -0.1) is 13.2 Å². The molecule has 0 atom stereocenters. The summed E-state index contributed by atoms with van der Waals surface area (Å²) in [6.07, 6.45) is -5.90. The number of hydrogen-bond donors (Lipinski definition) is 3. The molecule has 6 nitrogen and oxygen atoms in total. The highest BCUT2D eigenvalue weighted by Crippen LogP contribution is 2.25. The molecule has 0 radical (unpaired) electrons. The minimum Gasteiger partial charge on any atom is -0.481 e. The Balaban J connectivity index is 3.29. The Morgan fingerprint density at radius 3 is 2.56 bits per heavy atom. The molecule has 0 aliphatic rings. The Morgan fingerprint density at radius 2 is 2.11 bits per heavy atom. The second-order valence-corrected chi connectivity index (χ2v) is 3.29. The number of H-pyrrole nitrogens is 1. The molecule has 0 bridgehead atoms. The van der Waals surface area contributed by atoms with Crippen molar-refractivity contribution in [1.82, 2.24) is 4.98 Å². The smallest absolute Gasteiger partial charge is 0.481 e. The number of carboxylic acids is 1. The minimum atomic E-state index is -5.02. The number of nitrogens with two attached hydrogens (primary N) is 1. The maximum absolute atomic E-state index is 12.1. The first-order valence-electron chi connectivity index (χ1n) is 4.65. The van der Waals surface area contributed by atoms with Crippen LogP contribution >= 0.6 is 0 Å². The molecular formula is C9H9F3N2O4. The van der Waals surface area contributed by atoms with Crippen LogP contribution in [0.1, 0.15) is 11.3 Å². The number of aromatic nitrogens is 1. The molecule has 0 aromatic carbocycles. The fourth-order valence-corrected chi connectivity index (χ4v) is 1.26. The minimum absolute atomic E-state index is 0.00777. The Labute approximate surface area is 98.2 Å². The molecule has 0 aliphatic heterocycles. The van der Waals surface area contributed by atoms with E-state index in [0.29, 0.717) is 0 Å². The summed E-state index contributed by atoms with van der Waals surface area (Å²) in [7, 11) is 0. The van der Waals surface area contributed by atoms with E-state index in [1.54, 1.807) is 0 Å². The SMILES string of the molecule is NCc1cc(OC(F)(F)F)c(CC(=O)O)c(=O)[nH]1. The molecule has 1 aromatic rings. The van der Waals surface area contributed by atoms with E-state index in [2.05, 4.69) is 9.72 Å². The number of hydrogen-bond acceptors (Lipinski definition) is 4. The lowest BCUT2D eigenvalue weighted by Crippen LogP contribution is -2.25. The van der Waals surface area contributed by atoms with Crippen molar-refractivity contribution in [1.29, 1.82) is 0 Å². The highest BCUT2D eigenvalue weighted by Gasteiger charge is 2.33. The summed E-state index contributed by atoms with van der Waals surface area (Å²) >= 11 is 0. The van der Waals surface area contributed by atoms with Crippen molar-refractivity contribution in [3.8, 4) is 5.75 Å². The summed E-state index contributed by atoms with van der Waals surface area (Å²) in [5, 5.41) is 8.53. The summed E-state index contributed by atoms with van der Waals surface area (Å²) < 4.78 is 40.0. The first-order chi connectivity index (χ1) is 8.23. The van der Waals surface area contributed by atoms with Gasteiger partial charge in [-0.05, 0) is 0 Å². The maximum Gasteiger partial charge on any atom is 0.573 e. The fourth-order valence-electron chi connectivity index (χ4n) is 1.26. The lowest BCUT2D eigenvalue weighted by atomic mass is 10.1. The van der Waals surface area contributed by atoms with Gasteiger partial charge in [0.15, 0.2) is 0 Å². The van der Waals surface area contributed by atoms with Gasteiger partial charge in [0.2, 0.25) is 0 Å². The van der Waals surface area contributed by atoms with Gasteiger partial charge in [-0.3, -0.25) is 9.59 Å². The monoisotopic (exact) mass is 266 g/mol. The van der Waals surface area contributed by atoms with Crippen molar-refractivity contribution < 1.29 is 27.8 Å². The number of alkyl halides is 3. The van der Waals surface area contributed by atoms with Crippen molar-refractivity contribution in [2.24, 2.45) is 5.73 Å². The topological polar surface area (TPSA) is 105 Å². The summed E-state index contributed by atoms with van der Waals surface area (Å²) in [4.78, 5) is 24.1. The highest BCUT2D eigenvalue weighted by molar-refractivity contribution is 5.71. The van der Waals surface area contributed by atoms with Crippen LogP contribution in [0.25, 0.3) is 0 Å². The molecule has 0 unspecified atom stereocenters. The number of aliphatic carboxylic acids is 1. The normalized spacial score (nSPS) is 11.3. The third-order valence-electron chi connectivity index (χ3n) is 1.92. The van der Waals surface area contributed by atoms with Gasteiger partial charge in [0.05, 0.1) is 12.0 Å². The third-order valence-corrected chi connectivity index (χ3v) is 1.92. The van der Waals surface area contributed by atoms with Gasteiger partial charge in [-0.1, -0.05) is 0 Å². The third kappa shape index (κ3) is 3.77. The van der Waals surface area contributed by atoms with Crippen LogP contribution in [0, 0.1) is 0 Å². The second kappa shape index (κ2) is 5.08. The Hall–Kier alpha value is -2.03. The van der Waals surface area contributed by atoms with E-state index in [1.165, 1.54) is 0 Å². The first-order valence-corrected chi connectivity index (χ1v) is 4.65. The quantitative estimate of drug-likeness (QED) is 0.729. The summed E-state index contributed by atoms with van der Waals surface area (Å²) in [6, 6.07) is 0.854. The molecular weight excluding hydrogens is 257 g/mol. The number of ether oxygens (including phenoxy) is 1. The molecule has 0 saturated heterocycles. The Bertz CT molecular complexity index is 510. The molecule has 0 saturated carbocycles.